The van der Waals surface area contributed by atoms with E-state index in [0.29, 0.717) is 23.5 Å². The number of methoxy groups -OCH3 is 2. The zero-order valence-corrected chi connectivity index (χ0v) is 14.7. The Bertz CT molecular complexity index is 808. The lowest BCUT2D eigenvalue weighted by atomic mass is 9.84. The predicted molar refractivity (Wildman–Crippen MR) is 96.2 cm³/mol. The van der Waals surface area contributed by atoms with E-state index in [1.165, 1.54) is 7.11 Å². The quantitative estimate of drug-likeness (QED) is 0.773. The van der Waals surface area contributed by atoms with Crippen molar-refractivity contribution < 1.29 is 23.8 Å². The molecule has 26 heavy (non-hydrogen) atoms. The summed E-state index contributed by atoms with van der Waals surface area (Å²) >= 11 is 0. The van der Waals surface area contributed by atoms with Crippen LogP contribution in [0.4, 0.5) is 0 Å². The van der Waals surface area contributed by atoms with Crippen molar-refractivity contribution in [1.29, 1.82) is 0 Å². The van der Waals surface area contributed by atoms with Gasteiger partial charge in [-0.05, 0) is 42.3 Å². The molecule has 0 N–H and O–H groups in total. The first-order chi connectivity index (χ1) is 12.6. The Hall–Kier alpha value is -3.08. The van der Waals surface area contributed by atoms with Crippen LogP contribution in [-0.4, -0.2) is 26.2 Å². The molecule has 2 aromatic carbocycles. The van der Waals surface area contributed by atoms with E-state index in [1.807, 2.05) is 30.3 Å². The predicted octanol–water partition coefficient (Wildman–Crippen LogP) is 3.24. The van der Waals surface area contributed by atoms with Crippen molar-refractivity contribution in [3.05, 3.63) is 71.8 Å². The van der Waals surface area contributed by atoms with Gasteiger partial charge in [-0.15, -0.1) is 0 Å². The normalized spacial score (nSPS) is 19.3. The molecule has 134 valence electrons. The molecule has 5 heteroatoms. The Balaban J connectivity index is 1.91. The van der Waals surface area contributed by atoms with E-state index >= 15 is 0 Å². The van der Waals surface area contributed by atoms with Gasteiger partial charge in [0, 0.05) is 5.56 Å². The van der Waals surface area contributed by atoms with E-state index in [2.05, 4.69) is 0 Å². The minimum atomic E-state index is -0.696. The van der Waals surface area contributed by atoms with Gasteiger partial charge < -0.3 is 14.2 Å². The van der Waals surface area contributed by atoms with Gasteiger partial charge in [-0.25, -0.2) is 0 Å². The zero-order valence-electron chi connectivity index (χ0n) is 14.7. The maximum atomic E-state index is 12.6. The number of carbonyl (C=O) groups excluding carboxylic acids is 2. The number of hydrogen-bond donors (Lipinski definition) is 0. The third-order valence-corrected chi connectivity index (χ3v) is 4.42. The molecule has 0 unspecified atom stereocenters. The molecule has 0 radical (unpaired) electrons. The van der Waals surface area contributed by atoms with Crippen molar-refractivity contribution in [3.63, 3.8) is 0 Å². The first-order valence-electron chi connectivity index (χ1n) is 8.32. The summed E-state index contributed by atoms with van der Waals surface area (Å²) in [5, 5.41) is 0. The summed E-state index contributed by atoms with van der Waals surface area (Å²) < 4.78 is 15.6. The van der Waals surface area contributed by atoms with Crippen molar-refractivity contribution in [2.45, 2.75) is 6.42 Å². The van der Waals surface area contributed by atoms with Gasteiger partial charge in [0.25, 0.3) is 0 Å². The van der Waals surface area contributed by atoms with Crippen LogP contribution < -0.4 is 4.74 Å². The first-order valence-corrected chi connectivity index (χ1v) is 8.32. The fourth-order valence-corrected chi connectivity index (χ4v) is 3.00. The zero-order chi connectivity index (χ0) is 18.5. The highest BCUT2D eigenvalue weighted by molar-refractivity contribution is 5.91. The van der Waals surface area contributed by atoms with Gasteiger partial charge in [0.05, 0.1) is 26.1 Å². The van der Waals surface area contributed by atoms with Crippen LogP contribution in [0.25, 0.3) is 5.76 Å². The van der Waals surface area contributed by atoms with Crippen LogP contribution in [-0.2, 0) is 25.5 Å². The minimum Gasteiger partial charge on any atom is -0.497 e. The number of rotatable bonds is 5. The Kier molecular flexibility index (Phi) is 5.37. The minimum absolute atomic E-state index is 0.359. The Morgan fingerprint density at radius 1 is 1.04 bits per heavy atom. The summed E-state index contributed by atoms with van der Waals surface area (Å²) in [5.74, 6) is -1.14. The van der Waals surface area contributed by atoms with E-state index in [1.54, 1.807) is 37.5 Å². The maximum Gasteiger partial charge on any atom is 0.315 e. The molecule has 1 heterocycles. The molecule has 0 saturated heterocycles. The second-order valence-electron chi connectivity index (χ2n) is 6.03. The summed E-state index contributed by atoms with van der Waals surface area (Å²) in [7, 11) is 2.90. The van der Waals surface area contributed by atoms with Crippen LogP contribution in [0, 0.1) is 11.8 Å². The van der Waals surface area contributed by atoms with Crippen LogP contribution in [0.15, 0.2) is 60.7 Å². The lowest BCUT2D eigenvalue weighted by Crippen LogP contribution is -2.35. The van der Waals surface area contributed by atoms with Crippen molar-refractivity contribution in [1.82, 2.24) is 0 Å². The molecule has 0 spiro atoms. The number of hydrogen-bond acceptors (Lipinski definition) is 5. The van der Waals surface area contributed by atoms with Gasteiger partial charge in [0.1, 0.15) is 11.5 Å². The molecular formula is C21H20O5. The molecule has 0 amide bonds. The number of cyclic esters (lactones) is 1. The Morgan fingerprint density at radius 2 is 1.73 bits per heavy atom. The molecule has 0 aromatic heterocycles. The average molecular weight is 352 g/mol. The molecule has 1 aliphatic rings. The SMILES string of the molecule is COC(=O)[C@@H]1C=C(c2ccc(OC)cc2)OC(=O)[C@@H]1Cc1ccccc1. The highest BCUT2D eigenvalue weighted by atomic mass is 16.5. The van der Waals surface area contributed by atoms with Crippen molar-refractivity contribution in [2.75, 3.05) is 14.2 Å². The summed E-state index contributed by atoms with van der Waals surface area (Å²) in [5.41, 5.74) is 1.66. The Labute approximate surface area is 152 Å². The molecule has 1 aliphatic heterocycles. The number of ether oxygens (including phenoxy) is 3. The van der Waals surface area contributed by atoms with Crippen molar-refractivity contribution in [3.8, 4) is 5.75 Å². The highest BCUT2D eigenvalue weighted by Gasteiger charge is 2.39. The number of esters is 2. The largest absolute Gasteiger partial charge is 0.497 e. The van der Waals surface area contributed by atoms with Crippen molar-refractivity contribution >= 4 is 17.7 Å². The second-order valence-corrected chi connectivity index (χ2v) is 6.03. The van der Waals surface area contributed by atoms with E-state index in [9.17, 15) is 9.59 Å². The molecule has 0 saturated carbocycles. The van der Waals surface area contributed by atoms with Gasteiger partial charge in [-0.1, -0.05) is 30.3 Å². The fraction of sp³-hybridized carbons (Fsp3) is 0.238. The van der Waals surface area contributed by atoms with Crippen LogP contribution in [0.5, 0.6) is 5.75 Å². The second kappa shape index (κ2) is 7.87. The van der Waals surface area contributed by atoms with E-state index in [4.69, 9.17) is 14.2 Å². The average Bonchev–Trinajstić information content (AvgIpc) is 2.69. The maximum absolute atomic E-state index is 12.6. The molecule has 0 aliphatic carbocycles. The summed E-state index contributed by atoms with van der Waals surface area (Å²) in [4.78, 5) is 24.9. The van der Waals surface area contributed by atoms with Crippen LogP contribution >= 0.6 is 0 Å². The molecule has 0 fully saturated rings. The summed E-state index contributed by atoms with van der Waals surface area (Å²) in [6, 6.07) is 16.6. The highest BCUT2D eigenvalue weighted by Crippen LogP contribution is 2.33. The summed E-state index contributed by atoms with van der Waals surface area (Å²) in [6.45, 7) is 0. The molecule has 2 aromatic rings. The van der Waals surface area contributed by atoms with Gasteiger partial charge in [0.2, 0.25) is 0 Å². The van der Waals surface area contributed by atoms with Crippen LogP contribution in [0.1, 0.15) is 11.1 Å². The smallest absolute Gasteiger partial charge is 0.315 e. The molecule has 5 nitrogen and oxygen atoms in total. The molecule has 2 atom stereocenters. The Morgan fingerprint density at radius 3 is 2.35 bits per heavy atom. The number of carbonyl (C=O) groups is 2. The van der Waals surface area contributed by atoms with Crippen LogP contribution in [0.2, 0.25) is 0 Å². The summed E-state index contributed by atoms with van der Waals surface area (Å²) in [6.07, 6.45) is 2.08. The lowest BCUT2D eigenvalue weighted by Gasteiger charge is -2.27. The van der Waals surface area contributed by atoms with Gasteiger partial charge in [-0.3, -0.25) is 9.59 Å². The third-order valence-electron chi connectivity index (χ3n) is 4.42. The first kappa shape index (κ1) is 17.7. The molecule has 3 rings (SSSR count). The monoisotopic (exact) mass is 352 g/mol. The number of benzene rings is 2. The van der Waals surface area contributed by atoms with Gasteiger partial charge in [-0.2, -0.15) is 0 Å². The standard InChI is InChI=1S/C21H20O5/c1-24-16-10-8-15(9-11-16)19-13-18(20(22)25-2)17(21(23)26-19)12-14-6-4-3-5-7-14/h3-11,13,17-18H,12H2,1-2H3/t17-,18-/m1/s1. The third kappa shape index (κ3) is 3.77. The van der Waals surface area contributed by atoms with Gasteiger partial charge >= 0.3 is 11.9 Å². The molecular weight excluding hydrogens is 332 g/mol. The van der Waals surface area contributed by atoms with E-state index in [-0.39, 0.29) is 0 Å². The van der Waals surface area contributed by atoms with Crippen LogP contribution in [0.3, 0.4) is 0 Å². The fourth-order valence-electron chi connectivity index (χ4n) is 3.00. The van der Waals surface area contributed by atoms with E-state index < -0.39 is 23.8 Å². The lowest BCUT2D eigenvalue weighted by molar-refractivity contribution is -0.155. The van der Waals surface area contributed by atoms with Gasteiger partial charge in [0.15, 0.2) is 0 Å². The van der Waals surface area contributed by atoms with E-state index in [0.717, 1.165) is 5.56 Å². The topological polar surface area (TPSA) is 61.8 Å². The van der Waals surface area contributed by atoms with Crippen molar-refractivity contribution in [2.24, 2.45) is 11.8 Å². The molecule has 0 bridgehead atoms.